The van der Waals surface area contributed by atoms with Gasteiger partial charge in [-0.15, -0.1) is 0 Å². The molecule has 0 bridgehead atoms. The first-order chi connectivity index (χ1) is 9.50. The summed E-state index contributed by atoms with van der Waals surface area (Å²) < 4.78 is 5.54. The molecule has 1 N–H and O–H groups in total. The first-order valence-electron chi connectivity index (χ1n) is 6.72. The average Bonchev–Trinajstić information content (AvgIpc) is 2.89. The second kappa shape index (κ2) is 5.94. The second-order valence-corrected chi connectivity index (χ2v) is 5.07. The van der Waals surface area contributed by atoms with E-state index in [1.54, 1.807) is 0 Å². The lowest BCUT2D eigenvalue weighted by molar-refractivity contribution is -0.148. The van der Waals surface area contributed by atoms with Crippen LogP contribution in [0.4, 0.5) is 0 Å². The van der Waals surface area contributed by atoms with E-state index in [1.807, 2.05) is 32.0 Å². The summed E-state index contributed by atoms with van der Waals surface area (Å²) >= 11 is 0. The third-order valence-corrected chi connectivity index (χ3v) is 3.76. The zero-order valence-corrected chi connectivity index (χ0v) is 11.8. The van der Waals surface area contributed by atoms with Gasteiger partial charge in [-0.25, -0.2) is 4.79 Å². The SMILES string of the molecule is Cc1cccc(OCC(=O)N2CCCC2C(=O)O)c1C. The molecule has 1 aromatic carbocycles. The van der Waals surface area contributed by atoms with Crippen molar-refractivity contribution in [1.29, 1.82) is 0 Å². The molecule has 1 aliphatic rings. The lowest BCUT2D eigenvalue weighted by atomic mass is 10.1. The van der Waals surface area contributed by atoms with Crippen molar-refractivity contribution in [3.05, 3.63) is 29.3 Å². The van der Waals surface area contributed by atoms with E-state index < -0.39 is 12.0 Å². The van der Waals surface area contributed by atoms with Crippen LogP contribution in [0, 0.1) is 13.8 Å². The molecule has 1 heterocycles. The molecule has 2 rings (SSSR count). The molecule has 0 spiro atoms. The summed E-state index contributed by atoms with van der Waals surface area (Å²) in [5, 5.41) is 9.06. The Morgan fingerprint density at radius 1 is 1.40 bits per heavy atom. The number of carbonyl (C=O) groups is 2. The van der Waals surface area contributed by atoms with Crippen molar-refractivity contribution in [2.24, 2.45) is 0 Å². The Morgan fingerprint density at radius 2 is 2.15 bits per heavy atom. The molecule has 1 saturated heterocycles. The molecule has 0 aromatic heterocycles. The van der Waals surface area contributed by atoms with Crippen molar-refractivity contribution in [2.75, 3.05) is 13.2 Å². The number of ether oxygens (including phenoxy) is 1. The molecule has 5 nitrogen and oxygen atoms in total. The minimum atomic E-state index is -0.942. The van der Waals surface area contributed by atoms with Crippen LogP contribution in [0.3, 0.4) is 0 Å². The number of carbonyl (C=O) groups excluding carboxylic acids is 1. The van der Waals surface area contributed by atoms with E-state index in [0.717, 1.165) is 17.5 Å². The molecule has 1 aromatic rings. The fourth-order valence-electron chi connectivity index (χ4n) is 2.42. The molecule has 1 aliphatic heterocycles. The smallest absolute Gasteiger partial charge is 0.326 e. The highest BCUT2D eigenvalue weighted by Crippen LogP contribution is 2.22. The highest BCUT2D eigenvalue weighted by atomic mass is 16.5. The number of aryl methyl sites for hydroxylation is 1. The zero-order valence-electron chi connectivity index (χ0n) is 11.8. The number of nitrogens with zero attached hydrogens (tertiary/aromatic N) is 1. The Labute approximate surface area is 118 Å². The number of likely N-dealkylation sites (tertiary alicyclic amines) is 1. The highest BCUT2D eigenvalue weighted by Gasteiger charge is 2.33. The Bertz CT molecular complexity index is 527. The number of hydrogen-bond donors (Lipinski definition) is 1. The molecular weight excluding hydrogens is 258 g/mol. The van der Waals surface area contributed by atoms with Gasteiger partial charge >= 0.3 is 5.97 Å². The van der Waals surface area contributed by atoms with Crippen molar-refractivity contribution in [2.45, 2.75) is 32.7 Å². The molecule has 108 valence electrons. The van der Waals surface area contributed by atoms with Crippen LogP contribution in [0.1, 0.15) is 24.0 Å². The van der Waals surface area contributed by atoms with Gasteiger partial charge < -0.3 is 14.7 Å². The summed E-state index contributed by atoms with van der Waals surface area (Å²) in [5.41, 5.74) is 2.09. The molecule has 20 heavy (non-hydrogen) atoms. The number of carboxylic acid groups (broad SMARTS) is 1. The van der Waals surface area contributed by atoms with Crippen molar-refractivity contribution in [3.8, 4) is 5.75 Å². The maximum atomic E-state index is 12.1. The molecule has 0 saturated carbocycles. The molecule has 1 amide bonds. The fourth-order valence-corrected chi connectivity index (χ4v) is 2.42. The van der Waals surface area contributed by atoms with E-state index in [9.17, 15) is 9.59 Å². The lowest BCUT2D eigenvalue weighted by Crippen LogP contribution is -2.42. The Hall–Kier alpha value is -2.04. The van der Waals surface area contributed by atoms with Gasteiger partial charge in [-0.05, 0) is 43.9 Å². The van der Waals surface area contributed by atoms with Crippen LogP contribution in [0.5, 0.6) is 5.75 Å². The van der Waals surface area contributed by atoms with Gasteiger partial charge in [0.1, 0.15) is 11.8 Å². The van der Waals surface area contributed by atoms with E-state index in [0.29, 0.717) is 18.7 Å². The Morgan fingerprint density at radius 3 is 2.85 bits per heavy atom. The lowest BCUT2D eigenvalue weighted by Gasteiger charge is -2.21. The maximum absolute atomic E-state index is 12.1. The quantitative estimate of drug-likeness (QED) is 0.910. The van der Waals surface area contributed by atoms with Gasteiger partial charge in [0.25, 0.3) is 5.91 Å². The standard InChI is InChI=1S/C15H19NO4/c1-10-5-3-7-13(11(10)2)20-9-14(17)16-8-4-6-12(16)15(18)19/h3,5,7,12H,4,6,8-9H2,1-2H3,(H,18,19). The Kier molecular flexibility index (Phi) is 4.27. The average molecular weight is 277 g/mol. The topological polar surface area (TPSA) is 66.8 Å². The maximum Gasteiger partial charge on any atom is 0.326 e. The van der Waals surface area contributed by atoms with E-state index in [1.165, 1.54) is 4.90 Å². The number of rotatable bonds is 4. The third-order valence-electron chi connectivity index (χ3n) is 3.76. The molecular formula is C15H19NO4. The fraction of sp³-hybridized carbons (Fsp3) is 0.467. The predicted molar refractivity (Wildman–Crippen MR) is 73.8 cm³/mol. The second-order valence-electron chi connectivity index (χ2n) is 5.07. The van der Waals surface area contributed by atoms with Crippen LogP contribution >= 0.6 is 0 Å². The van der Waals surface area contributed by atoms with Crippen LogP contribution in [0.2, 0.25) is 0 Å². The molecule has 5 heteroatoms. The number of amides is 1. The van der Waals surface area contributed by atoms with Crippen LogP contribution in [-0.4, -0.2) is 41.1 Å². The van der Waals surface area contributed by atoms with E-state index in [-0.39, 0.29) is 12.5 Å². The minimum absolute atomic E-state index is 0.117. The molecule has 0 aliphatic carbocycles. The van der Waals surface area contributed by atoms with Gasteiger partial charge in [-0.1, -0.05) is 12.1 Å². The number of aliphatic carboxylic acids is 1. The highest BCUT2D eigenvalue weighted by molar-refractivity contribution is 5.85. The van der Waals surface area contributed by atoms with Gasteiger partial charge in [-0.3, -0.25) is 4.79 Å². The van der Waals surface area contributed by atoms with Crippen LogP contribution in [0.15, 0.2) is 18.2 Å². The molecule has 1 atom stereocenters. The van der Waals surface area contributed by atoms with E-state index in [2.05, 4.69) is 0 Å². The first kappa shape index (κ1) is 14.4. The van der Waals surface area contributed by atoms with Gasteiger partial charge in [0.05, 0.1) is 0 Å². The summed E-state index contributed by atoms with van der Waals surface area (Å²) in [4.78, 5) is 24.5. The molecule has 0 radical (unpaired) electrons. The molecule has 1 unspecified atom stereocenters. The monoisotopic (exact) mass is 277 g/mol. The van der Waals surface area contributed by atoms with Crippen molar-refractivity contribution in [3.63, 3.8) is 0 Å². The summed E-state index contributed by atoms with van der Waals surface area (Å²) in [5.74, 6) is -0.539. The Balaban J connectivity index is 1.98. The van der Waals surface area contributed by atoms with Crippen molar-refractivity contribution >= 4 is 11.9 Å². The largest absolute Gasteiger partial charge is 0.483 e. The summed E-state index contributed by atoms with van der Waals surface area (Å²) in [7, 11) is 0. The zero-order chi connectivity index (χ0) is 14.7. The van der Waals surface area contributed by atoms with Gasteiger partial charge in [0, 0.05) is 6.54 Å². The molecule has 1 fully saturated rings. The normalized spacial score (nSPS) is 18.1. The van der Waals surface area contributed by atoms with E-state index >= 15 is 0 Å². The summed E-state index contributed by atoms with van der Waals surface area (Å²) in [6.45, 7) is 4.29. The van der Waals surface area contributed by atoms with Crippen LogP contribution < -0.4 is 4.74 Å². The number of benzene rings is 1. The third kappa shape index (κ3) is 2.92. The minimum Gasteiger partial charge on any atom is -0.483 e. The van der Waals surface area contributed by atoms with Crippen LogP contribution in [0.25, 0.3) is 0 Å². The van der Waals surface area contributed by atoms with E-state index in [4.69, 9.17) is 9.84 Å². The van der Waals surface area contributed by atoms with Gasteiger partial charge in [0.15, 0.2) is 6.61 Å². The summed E-state index contributed by atoms with van der Waals surface area (Å²) in [6, 6.07) is 4.96. The number of hydrogen-bond acceptors (Lipinski definition) is 3. The van der Waals surface area contributed by atoms with Crippen molar-refractivity contribution < 1.29 is 19.4 Å². The van der Waals surface area contributed by atoms with Gasteiger partial charge in [-0.2, -0.15) is 0 Å². The first-order valence-corrected chi connectivity index (χ1v) is 6.72. The summed E-state index contributed by atoms with van der Waals surface area (Å²) in [6.07, 6.45) is 1.25. The van der Waals surface area contributed by atoms with Crippen LogP contribution in [-0.2, 0) is 9.59 Å². The number of carboxylic acids is 1. The predicted octanol–water partition coefficient (Wildman–Crippen LogP) is 1.76. The van der Waals surface area contributed by atoms with Gasteiger partial charge in [0.2, 0.25) is 0 Å². The van der Waals surface area contributed by atoms with Crippen molar-refractivity contribution in [1.82, 2.24) is 4.90 Å².